The van der Waals surface area contributed by atoms with Crippen molar-refractivity contribution in [1.29, 1.82) is 0 Å². The average Bonchev–Trinajstić information content (AvgIpc) is 2.90. The van der Waals surface area contributed by atoms with Gasteiger partial charge >= 0.3 is 0 Å². The first-order chi connectivity index (χ1) is 11.4. The monoisotopic (exact) mass is 331 g/mol. The first-order valence-corrected chi connectivity index (χ1v) is 11.2. The van der Waals surface area contributed by atoms with Gasteiger partial charge in [-0.3, -0.25) is 0 Å². The van der Waals surface area contributed by atoms with Crippen LogP contribution in [0.3, 0.4) is 0 Å². The second-order valence-electron chi connectivity index (χ2n) is 10.7. The Hall–Kier alpha value is -0.0400. The van der Waals surface area contributed by atoms with Crippen LogP contribution in [-0.4, -0.2) is 5.54 Å². The number of hydrogen-bond acceptors (Lipinski definition) is 1. The molecule has 0 aromatic carbocycles. The minimum absolute atomic E-state index is 0.167. The van der Waals surface area contributed by atoms with Gasteiger partial charge in [-0.05, 0) is 92.3 Å². The molecule has 1 nitrogen and oxygen atoms in total. The highest BCUT2D eigenvalue weighted by molar-refractivity contribution is 5.14. The summed E-state index contributed by atoms with van der Waals surface area (Å²) in [5, 5.41) is 0. The van der Waals surface area contributed by atoms with Crippen LogP contribution in [0.25, 0.3) is 0 Å². The molecule has 0 saturated heterocycles. The normalized spacial score (nSPS) is 54.0. The van der Waals surface area contributed by atoms with Crippen LogP contribution in [0.15, 0.2) is 0 Å². The molecule has 0 amide bonds. The summed E-state index contributed by atoms with van der Waals surface area (Å²) < 4.78 is 0. The van der Waals surface area contributed by atoms with Gasteiger partial charge in [-0.25, -0.2) is 0 Å². The molecule has 0 spiro atoms. The fraction of sp³-hybridized carbons (Fsp3) is 1.00. The fourth-order valence-corrected chi connectivity index (χ4v) is 8.37. The lowest BCUT2D eigenvalue weighted by Crippen LogP contribution is -2.65. The standard InChI is InChI=1S/C23H41N/c1-4-5-8-17-9-10-19-18-11-16-23(24)14-7-6-13-22(23,3)20(18)12-15-21(17,19)2/h17-20H,4-16,24H2,1-3H3. The van der Waals surface area contributed by atoms with Crippen molar-refractivity contribution in [2.75, 3.05) is 0 Å². The fourth-order valence-electron chi connectivity index (χ4n) is 8.37. The minimum atomic E-state index is 0.167. The predicted molar refractivity (Wildman–Crippen MR) is 103 cm³/mol. The molecule has 0 aromatic rings. The van der Waals surface area contributed by atoms with Gasteiger partial charge in [0.25, 0.3) is 0 Å². The molecule has 0 bridgehead atoms. The Morgan fingerprint density at radius 1 is 0.875 bits per heavy atom. The highest BCUT2D eigenvalue weighted by Crippen LogP contribution is 2.68. The SMILES string of the molecule is CCCCC1CCC2C3CCC4(N)CCCCC4(C)C3CCC12C. The second kappa shape index (κ2) is 6.00. The summed E-state index contributed by atoms with van der Waals surface area (Å²) in [6, 6.07) is 0. The molecule has 1 heteroatoms. The number of hydrogen-bond donors (Lipinski definition) is 1. The molecule has 0 heterocycles. The third-order valence-electron chi connectivity index (χ3n) is 9.99. The van der Waals surface area contributed by atoms with E-state index >= 15 is 0 Å². The van der Waals surface area contributed by atoms with E-state index in [4.69, 9.17) is 5.73 Å². The Labute approximate surface area is 150 Å². The van der Waals surface area contributed by atoms with E-state index < -0.39 is 0 Å². The number of nitrogens with two attached hydrogens (primary N) is 1. The molecule has 0 radical (unpaired) electrons. The van der Waals surface area contributed by atoms with E-state index in [2.05, 4.69) is 20.8 Å². The molecule has 4 fully saturated rings. The van der Waals surface area contributed by atoms with Crippen LogP contribution in [0.2, 0.25) is 0 Å². The summed E-state index contributed by atoms with van der Waals surface area (Å²) in [4.78, 5) is 0. The van der Waals surface area contributed by atoms with E-state index in [0.717, 1.165) is 23.7 Å². The topological polar surface area (TPSA) is 26.0 Å². The van der Waals surface area contributed by atoms with Gasteiger partial charge in [0.1, 0.15) is 0 Å². The molecule has 2 N–H and O–H groups in total. The Morgan fingerprint density at radius 3 is 2.46 bits per heavy atom. The van der Waals surface area contributed by atoms with Crippen molar-refractivity contribution in [3.63, 3.8) is 0 Å². The Kier molecular flexibility index (Phi) is 4.34. The molecule has 4 aliphatic rings. The van der Waals surface area contributed by atoms with Gasteiger partial charge in [0, 0.05) is 5.54 Å². The maximum atomic E-state index is 7.07. The number of fused-ring (bicyclic) bond motifs is 5. The summed E-state index contributed by atoms with van der Waals surface area (Å²) in [5.74, 6) is 3.96. The molecule has 4 aliphatic carbocycles. The van der Waals surface area contributed by atoms with E-state index in [1.54, 1.807) is 0 Å². The number of rotatable bonds is 3. The van der Waals surface area contributed by atoms with Crippen LogP contribution in [-0.2, 0) is 0 Å². The van der Waals surface area contributed by atoms with Gasteiger partial charge in [-0.1, -0.05) is 46.5 Å². The van der Waals surface area contributed by atoms with Crippen molar-refractivity contribution < 1.29 is 0 Å². The molecule has 4 saturated carbocycles. The zero-order valence-electron chi connectivity index (χ0n) is 16.6. The lowest BCUT2D eigenvalue weighted by Gasteiger charge is -2.64. The maximum absolute atomic E-state index is 7.07. The Morgan fingerprint density at radius 2 is 1.67 bits per heavy atom. The lowest BCUT2D eigenvalue weighted by atomic mass is 9.42. The van der Waals surface area contributed by atoms with Crippen LogP contribution < -0.4 is 5.73 Å². The van der Waals surface area contributed by atoms with Crippen molar-refractivity contribution in [3.8, 4) is 0 Å². The first-order valence-electron chi connectivity index (χ1n) is 11.2. The van der Waals surface area contributed by atoms with E-state index in [1.807, 2.05) is 0 Å². The van der Waals surface area contributed by atoms with Gasteiger partial charge in [-0.2, -0.15) is 0 Å². The predicted octanol–water partition coefficient (Wildman–Crippen LogP) is 6.31. The van der Waals surface area contributed by atoms with Crippen molar-refractivity contribution >= 4 is 0 Å². The summed E-state index contributed by atoms with van der Waals surface area (Å²) in [6.45, 7) is 7.65. The minimum Gasteiger partial charge on any atom is -0.325 e. The van der Waals surface area contributed by atoms with E-state index in [1.165, 1.54) is 83.5 Å². The van der Waals surface area contributed by atoms with Crippen molar-refractivity contribution in [2.45, 2.75) is 110 Å². The molecule has 0 aliphatic heterocycles. The maximum Gasteiger partial charge on any atom is 0.0211 e. The molecular formula is C23H41N. The Bertz CT molecular complexity index is 473. The van der Waals surface area contributed by atoms with Gasteiger partial charge < -0.3 is 5.73 Å². The summed E-state index contributed by atoms with van der Waals surface area (Å²) in [7, 11) is 0. The second-order valence-corrected chi connectivity index (χ2v) is 10.7. The van der Waals surface area contributed by atoms with Crippen LogP contribution in [0.5, 0.6) is 0 Å². The zero-order valence-corrected chi connectivity index (χ0v) is 16.6. The van der Waals surface area contributed by atoms with E-state index in [9.17, 15) is 0 Å². The highest BCUT2D eigenvalue weighted by Gasteiger charge is 2.62. The summed E-state index contributed by atoms with van der Waals surface area (Å²) >= 11 is 0. The highest BCUT2D eigenvalue weighted by atomic mass is 14.8. The quantitative estimate of drug-likeness (QED) is 0.644. The van der Waals surface area contributed by atoms with Crippen LogP contribution in [0, 0.1) is 34.5 Å². The molecule has 7 unspecified atom stereocenters. The molecular weight excluding hydrogens is 290 g/mol. The lowest BCUT2D eigenvalue weighted by molar-refractivity contribution is -0.122. The van der Waals surface area contributed by atoms with Crippen molar-refractivity contribution in [1.82, 2.24) is 0 Å². The van der Waals surface area contributed by atoms with Crippen molar-refractivity contribution in [3.05, 3.63) is 0 Å². The van der Waals surface area contributed by atoms with E-state index in [-0.39, 0.29) is 5.54 Å². The van der Waals surface area contributed by atoms with Crippen LogP contribution in [0.4, 0.5) is 0 Å². The smallest absolute Gasteiger partial charge is 0.0211 e. The zero-order chi connectivity index (χ0) is 17.0. The first kappa shape index (κ1) is 17.4. The molecule has 138 valence electrons. The third kappa shape index (κ3) is 2.29. The van der Waals surface area contributed by atoms with Gasteiger partial charge in [-0.15, -0.1) is 0 Å². The molecule has 24 heavy (non-hydrogen) atoms. The summed E-state index contributed by atoms with van der Waals surface area (Å²) in [5.41, 5.74) is 8.34. The van der Waals surface area contributed by atoms with Crippen LogP contribution in [0.1, 0.15) is 104 Å². The average molecular weight is 332 g/mol. The Balaban J connectivity index is 1.58. The molecule has 7 atom stereocenters. The number of unbranched alkanes of at least 4 members (excludes halogenated alkanes) is 1. The van der Waals surface area contributed by atoms with Crippen molar-refractivity contribution in [2.24, 2.45) is 40.2 Å². The van der Waals surface area contributed by atoms with Gasteiger partial charge in [0.15, 0.2) is 0 Å². The largest absolute Gasteiger partial charge is 0.325 e. The molecule has 0 aromatic heterocycles. The summed E-state index contributed by atoms with van der Waals surface area (Å²) in [6.07, 6.45) is 18.6. The van der Waals surface area contributed by atoms with E-state index in [0.29, 0.717) is 10.8 Å². The van der Waals surface area contributed by atoms with Gasteiger partial charge in [0.05, 0.1) is 0 Å². The van der Waals surface area contributed by atoms with Gasteiger partial charge in [0.2, 0.25) is 0 Å². The molecule has 4 rings (SSSR count). The third-order valence-corrected chi connectivity index (χ3v) is 9.99. The van der Waals surface area contributed by atoms with Crippen LogP contribution >= 0.6 is 0 Å².